The second kappa shape index (κ2) is 6.74. The second-order valence-corrected chi connectivity index (χ2v) is 6.96. The molecular formula is C15H21Cl2NO. The Kier molecular flexibility index (Phi) is 5.84. The van der Waals surface area contributed by atoms with Gasteiger partial charge in [0.2, 0.25) is 0 Å². The predicted molar refractivity (Wildman–Crippen MR) is 81.8 cm³/mol. The summed E-state index contributed by atoms with van der Waals surface area (Å²) in [6.45, 7) is 6.34. The average Bonchev–Trinajstić information content (AvgIpc) is 2.20. The molecule has 2 nitrogen and oxygen atoms in total. The van der Waals surface area contributed by atoms with Crippen molar-refractivity contribution in [3.8, 4) is 0 Å². The highest BCUT2D eigenvalue weighted by Gasteiger charge is 2.19. The van der Waals surface area contributed by atoms with Gasteiger partial charge in [-0.25, -0.2) is 0 Å². The number of hydrogen-bond acceptors (Lipinski definition) is 2. The van der Waals surface area contributed by atoms with Crippen molar-refractivity contribution in [3.05, 3.63) is 33.8 Å². The molecule has 1 aromatic rings. The predicted octanol–water partition coefficient (Wildman–Crippen LogP) is 4.26. The molecule has 0 saturated carbocycles. The molecule has 1 atom stereocenters. The summed E-state index contributed by atoms with van der Waals surface area (Å²) in [6, 6.07) is 5.13. The summed E-state index contributed by atoms with van der Waals surface area (Å²) in [7, 11) is 0. The van der Waals surface area contributed by atoms with Crippen molar-refractivity contribution < 1.29 is 4.79 Å². The van der Waals surface area contributed by atoms with E-state index in [4.69, 9.17) is 28.9 Å². The van der Waals surface area contributed by atoms with E-state index < -0.39 is 0 Å². The molecule has 0 fully saturated rings. The first kappa shape index (κ1) is 16.5. The van der Waals surface area contributed by atoms with Crippen LogP contribution in [0.3, 0.4) is 0 Å². The number of benzene rings is 1. The first-order valence-corrected chi connectivity index (χ1v) is 7.15. The molecule has 0 saturated heterocycles. The molecule has 19 heavy (non-hydrogen) atoms. The van der Waals surface area contributed by atoms with Crippen molar-refractivity contribution in [3.63, 3.8) is 0 Å². The van der Waals surface area contributed by atoms with Gasteiger partial charge in [-0.15, -0.1) is 0 Å². The lowest BCUT2D eigenvalue weighted by Gasteiger charge is -2.22. The number of carbonyl (C=O) groups is 1. The number of Topliss-reactive ketones (excluding diaryl/α,β-unsaturated/α-hetero) is 1. The van der Waals surface area contributed by atoms with Crippen LogP contribution < -0.4 is 5.73 Å². The molecule has 1 rings (SSSR count). The van der Waals surface area contributed by atoms with Crippen LogP contribution in [0.5, 0.6) is 0 Å². The number of nitrogens with two attached hydrogens (primary N) is 1. The summed E-state index contributed by atoms with van der Waals surface area (Å²) < 4.78 is 0. The zero-order valence-electron chi connectivity index (χ0n) is 11.7. The Balaban J connectivity index is 2.61. The molecule has 1 aromatic carbocycles. The van der Waals surface area contributed by atoms with E-state index >= 15 is 0 Å². The molecule has 0 aliphatic rings. The van der Waals surface area contributed by atoms with Crippen molar-refractivity contribution in [1.82, 2.24) is 0 Å². The third-order valence-electron chi connectivity index (χ3n) is 2.80. The zero-order valence-corrected chi connectivity index (χ0v) is 13.2. The second-order valence-electron chi connectivity index (χ2n) is 6.14. The summed E-state index contributed by atoms with van der Waals surface area (Å²) in [4.78, 5) is 12.0. The monoisotopic (exact) mass is 301 g/mol. The molecule has 0 aromatic heterocycles. The van der Waals surface area contributed by atoms with Crippen LogP contribution in [0.4, 0.5) is 0 Å². The maximum atomic E-state index is 12.0. The lowest BCUT2D eigenvalue weighted by molar-refractivity contribution is -0.118. The van der Waals surface area contributed by atoms with Gasteiger partial charge in [-0.05, 0) is 29.5 Å². The highest BCUT2D eigenvalue weighted by molar-refractivity contribution is 6.36. The van der Waals surface area contributed by atoms with E-state index in [1.165, 1.54) is 0 Å². The van der Waals surface area contributed by atoms with E-state index in [9.17, 15) is 4.79 Å². The number of rotatable bonds is 5. The van der Waals surface area contributed by atoms with Crippen molar-refractivity contribution >= 4 is 29.0 Å². The maximum absolute atomic E-state index is 12.0. The quantitative estimate of drug-likeness (QED) is 0.883. The van der Waals surface area contributed by atoms with Crippen LogP contribution >= 0.6 is 23.2 Å². The van der Waals surface area contributed by atoms with Gasteiger partial charge in [0, 0.05) is 28.9 Å². The van der Waals surface area contributed by atoms with Gasteiger partial charge in [-0.3, -0.25) is 4.79 Å². The SMILES string of the molecule is CC(C)(C)CC(N)CC(=O)Cc1c(Cl)cccc1Cl. The molecule has 1 unspecified atom stereocenters. The molecule has 0 heterocycles. The molecule has 106 valence electrons. The van der Waals surface area contributed by atoms with Crippen LogP contribution in [0.15, 0.2) is 18.2 Å². The third-order valence-corrected chi connectivity index (χ3v) is 3.51. The van der Waals surface area contributed by atoms with Crippen LogP contribution in [0.25, 0.3) is 0 Å². The first-order chi connectivity index (χ1) is 8.69. The Morgan fingerprint density at radius 3 is 2.26 bits per heavy atom. The van der Waals surface area contributed by atoms with Crippen molar-refractivity contribution in [2.75, 3.05) is 0 Å². The van der Waals surface area contributed by atoms with Gasteiger partial charge in [-0.1, -0.05) is 50.0 Å². The highest BCUT2D eigenvalue weighted by Crippen LogP contribution is 2.26. The smallest absolute Gasteiger partial charge is 0.138 e. The lowest BCUT2D eigenvalue weighted by atomic mass is 9.86. The standard InChI is InChI=1S/C15H21Cl2NO/c1-15(2,3)9-10(18)7-11(19)8-12-13(16)5-4-6-14(12)17/h4-6,10H,7-9,18H2,1-3H3. The minimum Gasteiger partial charge on any atom is -0.327 e. The summed E-state index contributed by atoms with van der Waals surface area (Å²) in [6.07, 6.45) is 1.42. The maximum Gasteiger partial charge on any atom is 0.138 e. The largest absolute Gasteiger partial charge is 0.327 e. The van der Waals surface area contributed by atoms with Crippen LogP contribution in [-0.4, -0.2) is 11.8 Å². The molecule has 2 N–H and O–H groups in total. The number of hydrogen-bond donors (Lipinski definition) is 1. The molecule has 0 aliphatic carbocycles. The Morgan fingerprint density at radius 2 is 1.79 bits per heavy atom. The van der Waals surface area contributed by atoms with Crippen molar-refractivity contribution in [2.45, 2.75) is 46.1 Å². The van der Waals surface area contributed by atoms with E-state index in [1.807, 2.05) is 0 Å². The Morgan fingerprint density at radius 1 is 1.26 bits per heavy atom. The molecule has 4 heteroatoms. The fourth-order valence-corrected chi connectivity index (χ4v) is 2.65. The summed E-state index contributed by atoms with van der Waals surface area (Å²) in [5.74, 6) is 0.0757. The molecule has 0 radical (unpaired) electrons. The Hall–Kier alpha value is -0.570. The molecule has 0 aliphatic heterocycles. The van der Waals surface area contributed by atoms with Crippen LogP contribution in [-0.2, 0) is 11.2 Å². The summed E-state index contributed by atoms with van der Waals surface area (Å²) >= 11 is 12.1. The van der Waals surface area contributed by atoms with E-state index in [1.54, 1.807) is 18.2 Å². The topological polar surface area (TPSA) is 43.1 Å². The normalized spacial score (nSPS) is 13.4. The van der Waals surface area contributed by atoms with Crippen molar-refractivity contribution in [1.29, 1.82) is 0 Å². The van der Waals surface area contributed by atoms with E-state index in [0.29, 0.717) is 22.0 Å². The van der Waals surface area contributed by atoms with E-state index in [2.05, 4.69) is 20.8 Å². The van der Waals surface area contributed by atoms with Crippen LogP contribution in [0, 0.1) is 5.41 Å². The Labute approximate surface area is 125 Å². The van der Waals surface area contributed by atoms with Gasteiger partial charge in [0.25, 0.3) is 0 Å². The van der Waals surface area contributed by atoms with Gasteiger partial charge in [0.15, 0.2) is 0 Å². The van der Waals surface area contributed by atoms with Crippen LogP contribution in [0.2, 0.25) is 10.0 Å². The minimum atomic E-state index is -0.117. The Bertz CT molecular complexity index is 432. The molecule has 0 bridgehead atoms. The lowest BCUT2D eigenvalue weighted by Crippen LogP contribution is -2.29. The zero-order chi connectivity index (χ0) is 14.6. The van der Waals surface area contributed by atoms with Gasteiger partial charge in [-0.2, -0.15) is 0 Å². The van der Waals surface area contributed by atoms with Gasteiger partial charge in [0.05, 0.1) is 0 Å². The fourth-order valence-electron chi connectivity index (χ4n) is 2.12. The summed E-state index contributed by atoms with van der Waals surface area (Å²) in [5, 5.41) is 1.07. The van der Waals surface area contributed by atoms with Crippen LogP contribution in [0.1, 0.15) is 39.2 Å². The highest BCUT2D eigenvalue weighted by atomic mass is 35.5. The van der Waals surface area contributed by atoms with E-state index in [-0.39, 0.29) is 23.7 Å². The molecule has 0 amide bonds. The fraction of sp³-hybridized carbons (Fsp3) is 0.533. The third kappa shape index (κ3) is 5.94. The number of ketones is 1. The number of carbonyl (C=O) groups excluding carboxylic acids is 1. The van der Waals surface area contributed by atoms with E-state index in [0.717, 1.165) is 6.42 Å². The summed E-state index contributed by atoms with van der Waals surface area (Å²) in [5.41, 5.74) is 6.82. The van der Waals surface area contributed by atoms with Crippen molar-refractivity contribution in [2.24, 2.45) is 11.1 Å². The van der Waals surface area contributed by atoms with Gasteiger partial charge < -0.3 is 5.73 Å². The average molecular weight is 302 g/mol. The minimum absolute atomic E-state index is 0.0757. The van der Waals surface area contributed by atoms with Gasteiger partial charge in [0.1, 0.15) is 5.78 Å². The van der Waals surface area contributed by atoms with Gasteiger partial charge >= 0.3 is 0 Å². The molecular weight excluding hydrogens is 281 g/mol. The first-order valence-electron chi connectivity index (χ1n) is 6.39. The number of halogens is 2. The molecule has 0 spiro atoms.